The molecule has 212 valence electrons. The third-order valence-corrected chi connectivity index (χ3v) is 7.86. The second kappa shape index (κ2) is 11.3. The van der Waals surface area contributed by atoms with Crippen LogP contribution in [-0.2, 0) is 28.3 Å². The predicted molar refractivity (Wildman–Crippen MR) is 146 cm³/mol. The molecule has 1 fully saturated rings. The first-order chi connectivity index (χ1) is 19.1. The van der Waals surface area contributed by atoms with Crippen molar-refractivity contribution in [2.24, 2.45) is 0 Å². The third kappa shape index (κ3) is 5.92. The first-order valence-corrected chi connectivity index (χ1v) is 13.8. The highest BCUT2D eigenvalue weighted by Crippen LogP contribution is 2.43. The number of ether oxygens (including phenoxy) is 1. The fourth-order valence-corrected chi connectivity index (χ4v) is 5.82. The summed E-state index contributed by atoms with van der Waals surface area (Å²) in [6, 6.07) is 8.65. The average molecular weight is 551 g/mol. The van der Waals surface area contributed by atoms with Crippen molar-refractivity contribution in [2.45, 2.75) is 70.4 Å². The molecule has 0 saturated carbocycles. The number of aliphatic hydroxyl groups is 1. The molecule has 0 bridgehead atoms. The lowest BCUT2D eigenvalue weighted by molar-refractivity contribution is -0.136. The number of fused-ring (bicyclic) bond motifs is 2. The number of carbonyl (C=O) groups is 1. The SMILES string of the molecule is CCC(=O)N(CC(C)(C)O)C(c1ccc(F)c(F)c1)c1ccc(CN2CCC3(CC2)OCc2ccncc23)cn1. The number of rotatable bonds is 8. The van der Waals surface area contributed by atoms with E-state index in [1.807, 2.05) is 30.6 Å². The monoisotopic (exact) mass is 550 g/mol. The van der Waals surface area contributed by atoms with Gasteiger partial charge in [-0.15, -0.1) is 0 Å². The van der Waals surface area contributed by atoms with Gasteiger partial charge < -0.3 is 14.7 Å². The zero-order valence-electron chi connectivity index (χ0n) is 23.2. The maximum atomic E-state index is 14.3. The molecule has 2 aliphatic heterocycles. The Morgan fingerprint density at radius 2 is 1.93 bits per heavy atom. The van der Waals surface area contributed by atoms with E-state index in [1.165, 1.54) is 22.1 Å². The summed E-state index contributed by atoms with van der Waals surface area (Å²) in [6.45, 7) is 8.03. The number of pyridine rings is 2. The van der Waals surface area contributed by atoms with Crippen molar-refractivity contribution >= 4 is 5.91 Å². The van der Waals surface area contributed by atoms with Crippen LogP contribution in [0.25, 0.3) is 0 Å². The molecule has 0 aliphatic carbocycles. The summed E-state index contributed by atoms with van der Waals surface area (Å²) in [5, 5.41) is 10.6. The molecule has 1 amide bonds. The van der Waals surface area contributed by atoms with Crippen LogP contribution in [0.3, 0.4) is 0 Å². The number of carbonyl (C=O) groups excluding carboxylic acids is 1. The van der Waals surface area contributed by atoms with Crippen LogP contribution in [-0.4, -0.2) is 56.0 Å². The summed E-state index contributed by atoms with van der Waals surface area (Å²) in [5.74, 6) is -2.19. The van der Waals surface area contributed by atoms with Gasteiger partial charge in [0.2, 0.25) is 5.91 Å². The molecule has 1 spiro atoms. The standard InChI is InChI=1S/C31H36F2N4O3/c1-4-28(38)37(20-30(2,3)39)29(22-6-7-25(32)26(33)15-22)27-8-5-21(16-35-27)18-36-13-10-31(11-14-36)24-17-34-12-9-23(24)19-40-31/h5-9,12,15-17,29,39H,4,10-11,13-14,18-20H2,1-3H3. The minimum Gasteiger partial charge on any atom is -0.389 e. The molecule has 1 unspecified atom stereocenters. The van der Waals surface area contributed by atoms with Crippen molar-refractivity contribution in [1.29, 1.82) is 0 Å². The predicted octanol–water partition coefficient (Wildman–Crippen LogP) is 4.88. The summed E-state index contributed by atoms with van der Waals surface area (Å²) in [4.78, 5) is 25.9. The van der Waals surface area contributed by atoms with Crippen LogP contribution in [0, 0.1) is 11.6 Å². The van der Waals surface area contributed by atoms with Gasteiger partial charge in [-0.3, -0.25) is 19.7 Å². The van der Waals surface area contributed by atoms with E-state index in [4.69, 9.17) is 4.74 Å². The van der Waals surface area contributed by atoms with E-state index >= 15 is 0 Å². The Morgan fingerprint density at radius 1 is 1.15 bits per heavy atom. The molecule has 1 N–H and O–H groups in total. The summed E-state index contributed by atoms with van der Waals surface area (Å²) in [6.07, 6.45) is 7.49. The van der Waals surface area contributed by atoms with Crippen molar-refractivity contribution in [1.82, 2.24) is 19.8 Å². The van der Waals surface area contributed by atoms with Gasteiger partial charge in [0.05, 0.1) is 29.5 Å². The molecular formula is C31H36F2N4O3. The zero-order valence-corrected chi connectivity index (χ0v) is 23.2. The molecule has 2 aliphatic rings. The van der Waals surface area contributed by atoms with Crippen LogP contribution < -0.4 is 0 Å². The van der Waals surface area contributed by atoms with E-state index in [2.05, 4.69) is 14.9 Å². The first-order valence-electron chi connectivity index (χ1n) is 13.8. The molecule has 9 heteroatoms. The maximum Gasteiger partial charge on any atom is 0.223 e. The van der Waals surface area contributed by atoms with Gasteiger partial charge in [0.15, 0.2) is 11.6 Å². The van der Waals surface area contributed by atoms with Gasteiger partial charge in [0.25, 0.3) is 0 Å². The van der Waals surface area contributed by atoms with E-state index in [0.717, 1.165) is 43.6 Å². The molecule has 0 radical (unpaired) electrons. The largest absolute Gasteiger partial charge is 0.389 e. The van der Waals surface area contributed by atoms with Gasteiger partial charge in [0.1, 0.15) is 0 Å². The Labute approximate surface area is 233 Å². The van der Waals surface area contributed by atoms with Crippen molar-refractivity contribution in [3.63, 3.8) is 0 Å². The van der Waals surface area contributed by atoms with Crippen LogP contribution in [0.1, 0.15) is 74.0 Å². The quantitative estimate of drug-likeness (QED) is 0.431. The Morgan fingerprint density at radius 3 is 2.58 bits per heavy atom. The van der Waals surface area contributed by atoms with Crippen LogP contribution in [0.15, 0.2) is 55.0 Å². The summed E-state index contributed by atoms with van der Waals surface area (Å²) in [7, 11) is 0. The Balaban J connectivity index is 1.35. The number of hydrogen-bond donors (Lipinski definition) is 1. The number of nitrogens with zero attached hydrogens (tertiary/aromatic N) is 4. The summed E-state index contributed by atoms with van der Waals surface area (Å²) >= 11 is 0. The molecule has 1 atom stereocenters. The van der Waals surface area contributed by atoms with Gasteiger partial charge in [-0.2, -0.15) is 0 Å². The smallest absolute Gasteiger partial charge is 0.223 e. The van der Waals surface area contributed by atoms with E-state index in [9.17, 15) is 18.7 Å². The van der Waals surface area contributed by atoms with Crippen LogP contribution in [0.2, 0.25) is 0 Å². The zero-order chi connectivity index (χ0) is 28.5. The molecule has 3 aromatic rings. The van der Waals surface area contributed by atoms with Gasteiger partial charge in [-0.25, -0.2) is 8.78 Å². The highest BCUT2D eigenvalue weighted by molar-refractivity contribution is 5.77. The third-order valence-electron chi connectivity index (χ3n) is 7.86. The molecule has 5 rings (SSSR count). The van der Waals surface area contributed by atoms with Crippen LogP contribution >= 0.6 is 0 Å². The Hall–Kier alpha value is -3.27. The summed E-state index contributed by atoms with van der Waals surface area (Å²) < 4.78 is 34.3. The number of likely N-dealkylation sites (tertiary alicyclic amines) is 1. The molecule has 2 aromatic heterocycles. The molecular weight excluding hydrogens is 514 g/mol. The van der Waals surface area contributed by atoms with Crippen molar-refractivity contribution in [3.05, 3.63) is 94.6 Å². The number of amides is 1. The van der Waals surface area contributed by atoms with E-state index in [0.29, 0.717) is 24.4 Å². The van der Waals surface area contributed by atoms with E-state index < -0.39 is 23.3 Å². The van der Waals surface area contributed by atoms with Crippen molar-refractivity contribution in [3.8, 4) is 0 Å². The fourth-order valence-electron chi connectivity index (χ4n) is 5.82. The highest BCUT2D eigenvalue weighted by atomic mass is 19.2. The van der Waals surface area contributed by atoms with Gasteiger partial charge in [-0.05, 0) is 67.6 Å². The van der Waals surface area contributed by atoms with Crippen molar-refractivity contribution in [2.75, 3.05) is 19.6 Å². The number of benzene rings is 1. The number of piperidine rings is 1. The topological polar surface area (TPSA) is 78.8 Å². The minimum absolute atomic E-state index is 0.00299. The Kier molecular flexibility index (Phi) is 7.99. The van der Waals surface area contributed by atoms with Gasteiger partial charge in [0, 0.05) is 56.8 Å². The first kappa shape index (κ1) is 28.3. The average Bonchev–Trinajstić information content (AvgIpc) is 3.29. The lowest BCUT2D eigenvalue weighted by atomic mass is 9.84. The van der Waals surface area contributed by atoms with Gasteiger partial charge in [-0.1, -0.05) is 19.1 Å². The lowest BCUT2D eigenvalue weighted by Crippen LogP contribution is -2.44. The lowest BCUT2D eigenvalue weighted by Gasteiger charge is -2.39. The molecule has 4 heterocycles. The molecule has 1 saturated heterocycles. The molecule has 40 heavy (non-hydrogen) atoms. The minimum atomic E-state index is -1.20. The number of halogens is 2. The second-order valence-corrected chi connectivity index (χ2v) is 11.4. The number of aromatic nitrogens is 2. The second-order valence-electron chi connectivity index (χ2n) is 11.4. The van der Waals surface area contributed by atoms with Crippen molar-refractivity contribution < 1.29 is 23.4 Å². The maximum absolute atomic E-state index is 14.3. The highest BCUT2D eigenvalue weighted by Gasteiger charge is 2.42. The molecule has 1 aromatic carbocycles. The van der Waals surface area contributed by atoms with Gasteiger partial charge >= 0.3 is 0 Å². The fraction of sp³-hybridized carbons (Fsp3) is 0.452. The summed E-state index contributed by atoms with van der Waals surface area (Å²) in [5.41, 5.74) is 2.89. The van der Waals surface area contributed by atoms with E-state index in [1.54, 1.807) is 27.0 Å². The Bertz CT molecular complexity index is 1350. The van der Waals surface area contributed by atoms with Crippen LogP contribution in [0.4, 0.5) is 8.78 Å². The van der Waals surface area contributed by atoms with Crippen LogP contribution in [0.5, 0.6) is 0 Å². The number of hydrogen-bond acceptors (Lipinski definition) is 6. The normalized spacial score (nSPS) is 17.6. The molecule has 7 nitrogen and oxygen atoms in total. The van der Waals surface area contributed by atoms with E-state index in [-0.39, 0.29) is 24.5 Å².